The SMILES string of the molecule is CN(C)Cc1ccc2[nH]c(=O)c(C#N)c(N3CCC4(CC3)CC4)c2n1. The van der Waals surface area contributed by atoms with E-state index < -0.39 is 0 Å². The number of piperidine rings is 1. The normalized spacial score (nSPS) is 18.7. The van der Waals surface area contributed by atoms with Gasteiger partial charge in [-0.2, -0.15) is 5.26 Å². The molecule has 3 heterocycles. The Kier molecular flexibility index (Phi) is 3.77. The molecule has 2 aromatic rings. The van der Waals surface area contributed by atoms with Crippen molar-refractivity contribution in [1.29, 1.82) is 5.26 Å². The molecule has 1 aliphatic carbocycles. The second-order valence-electron chi connectivity index (χ2n) is 7.71. The largest absolute Gasteiger partial charge is 0.368 e. The van der Waals surface area contributed by atoms with Crippen LogP contribution in [-0.2, 0) is 6.54 Å². The first-order valence-electron chi connectivity index (χ1n) is 8.87. The first-order chi connectivity index (χ1) is 12.0. The van der Waals surface area contributed by atoms with E-state index in [9.17, 15) is 10.1 Å². The molecule has 4 rings (SSSR count). The molecule has 1 saturated heterocycles. The Morgan fingerprint density at radius 1 is 1.28 bits per heavy atom. The average Bonchev–Trinajstić information content (AvgIpc) is 3.33. The predicted octanol–water partition coefficient (Wildman–Crippen LogP) is 2.24. The van der Waals surface area contributed by atoms with Crippen LogP contribution in [0.2, 0.25) is 0 Å². The second-order valence-corrected chi connectivity index (χ2v) is 7.71. The van der Waals surface area contributed by atoms with Gasteiger partial charge in [-0.25, -0.2) is 4.98 Å². The molecular weight excluding hydrogens is 314 g/mol. The first kappa shape index (κ1) is 16.1. The van der Waals surface area contributed by atoms with Crippen LogP contribution >= 0.6 is 0 Å². The van der Waals surface area contributed by atoms with Gasteiger partial charge in [-0.3, -0.25) is 4.79 Å². The van der Waals surface area contributed by atoms with Gasteiger partial charge < -0.3 is 14.8 Å². The number of fused-ring (bicyclic) bond motifs is 1. The van der Waals surface area contributed by atoms with E-state index in [0.717, 1.165) is 49.4 Å². The minimum Gasteiger partial charge on any atom is -0.368 e. The number of nitrogens with zero attached hydrogens (tertiary/aromatic N) is 4. The van der Waals surface area contributed by atoms with Gasteiger partial charge in [0.1, 0.15) is 17.1 Å². The molecule has 0 radical (unpaired) electrons. The molecule has 1 N–H and O–H groups in total. The highest BCUT2D eigenvalue weighted by Crippen LogP contribution is 2.54. The van der Waals surface area contributed by atoms with E-state index in [2.05, 4.69) is 20.9 Å². The predicted molar refractivity (Wildman–Crippen MR) is 97.6 cm³/mol. The fourth-order valence-corrected chi connectivity index (χ4v) is 3.90. The fraction of sp³-hybridized carbons (Fsp3) is 0.526. The van der Waals surface area contributed by atoms with E-state index >= 15 is 0 Å². The lowest BCUT2D eigenvalue weighted by molar-refractivity contribution is 0.384. The number of anilines is 1. The minimum atomic E-state index is -0.320. The lowest BCUT2D eigenvalue weighted by atomic mass is 9.93. The summed E-state index contributed by atoms with van der Waals surface area (Å²) in [5.41, 5.74) is 3.51. The summed E-state index contributed by atoms with van der Waals surface area (Å²) in [7, 11) is 4.00. The highest BCUT2D eigenvalue weighted by atomic mass is 16.1. The number of aromatic amines is 1. The third kappa shape index (κ3) is 2.89. The molecule has 25 heavy (non-hydrogen) atoms. The lowest BCUT2D eigenvalue weighted by Crippen LogP contribution is -2.36. The van der Waals surface area contributed by atoms with Crippen molar-refractivity contribution in [2.75, 3.05) is 32.1 Å². The van der Waals surface area contributed by atoms with Crippen molar-refractivity contribution in [2.45, 2.75) is 32.2 Å². The van der Waals surface area contributed by atoms with Crippen LogP contribution in [0.3, 0.4) is 0 Å². The molecule has 2 aromatic heterocycles. The topological polar surface area (TPSA) is 76.0 Å². The Balaban J connectivity index is 1.83. The zero-order valence-electron chi connectivity index (χ0n) is 14.8. The molecule has 130 valence electrons. The molecule has 2 fully saturated rings. The van der Waals surface area contributed by atoms with Gasteiger partial charge in [-0.1, -0.05) is 0 Å². The van der Waals surface area contributed by atoms with Gasteiger partial charge in [0, 0.05) is 19.6 Å². The van der Waals surface area contributed by atoms with Gasteiger partial charge in [0.25, 0.3) is 5.56 Å². The van der Waals surface area contributed by atoms with Gasteiger partial charge in [0.05, 0.1) is 16.9 Å². The number of hydrogen-bond donors (Lipinski definition) is 1. The van der Waals surface area contributed by atoms with Crippen molar-refractivity contribution in [3.8, 4) is 6.07 Å². The quantitative estimate of drug-likeness (QED) is 0.929. The van der Waals surface area contributed by atoms with Crippen LogP contribution in [0.25, 0.3) is 11.0 Å². The molecule has 0 amide bonds. The Morgan fingerprint density at radius 3 is 2.60 bits per heavy atom. The molecule has 0 unspecified atom stereocenters. The van der Waals surface area contributed by atoms with Crippen molar-refractivity contribution in [3.63, 3.8) is 0 Å². The number of pyridine rings is 2. The summed E-state index contributed by atoms with van der Waals surface area (Å²) < 4.78 is 0. The third-order valence-electron chi connectivity index (χ3n) is 5.58. The van der Waals surface area contributed by atoms with Crippen molar-refractivity contribution in [3.05, 3.63) is 33.7 Å². The molecular formula is C19H23N5O. The van der Waals surface area contributed by atoms with E-state index in [1.807, 2.05) is 26.2 Å². The van der Waals surface area contributed by atoms with Crippen molar-refractivity contribution in [2.24, 2.45) is 5.41 Å². The maximum absolute atomic E-state index is 12.4. The van der Waals surface area contributed by atoms with Gasteiger partial charge in [-0.15, -0.1) is 0 Å². The molecule has 0 aromatic carbocycles. The molecule has 0 bridgehead atoms. The second kappa shape index (κ2) is 5.85. The number of nitriles is 1. The van der Waals surface area contributed by atoms with Gasteiger partial charge in [0.2, 0.25) is 0 Å². The zero-order valence-corrected chi connectivity index (χ0v) is 14.8. The van der Waals surface area contributed by atoms with Gasteiger partial charge in [0.15, 0.2) is 0 Å². The minimum absolute atomic E-state index is 0.189. The van der Waals surface area contributed by atoms with Crippen LogP contribution in [-0.4, -0.2) is 42.1 Å². The Labute approximate surface area is 147 Å². The Bertz CT molecular complexity index is 910. The smallest absolute Gasteiger partial charge is 0.268 e. The van der Waals surface area contributed by atoms with E-state index in [-0.39, 0.29) is 11.1 Å². The highest BCUT2D eigenvalue weighted by Gasteiger charge is 2.44. The van der Waals surface area contributed by atoms with E-state index in [0.29, 0.717) is 10.9 Å². The third-order valence-corrected chi connectivity index (χ3v) is 5.58. The van der Waals surface area contributed by atoms with Crippen LogP contribution in [0.5, 0.6) is 0 Å². The maximum atomic E-state index is 12.4. The van der Waals surface area contributed by atoms with E-state index in [1.54, 1.807) is 0 Å². The number of nitrogens with one attached hydrogen (secondary N) is 1. The molecule has 1 spiro atoms. The van der Waals surface area contributed by atoms with Crippen LogP contribution in [0.15, 0.2) is 16.9 Å². The molecule has 0 atom stereocenters. The van der Waals surface area contributed by atoms with Crippen LogP contribution in [0.4, 0.5) is 5.69 Å². The lowest BCUT2D eigenvalue weighted by Gasteiger charge is -2.34. The van der Waals surface area contributed by atoms with Crippen LogP contribution < -0.4 is 10.5 Å². The van der Waals surface area contributed by atoms with Crippen LogP contribution in [0.1, 0.15) is 36.9 Å². The fourth-order valence-electron chi connectivity index (χ4n) is 3.90. The number of hydrogen-bond acceptors (Lipinski definition) is 5. The number of H-pyrrole nitrogens is 1. The summed E-state index contributed by atoms with van der Waals surface area (Å²) in [5, 5.41) is 9.59. The summed E-state index contributed by atoms with van der Waals surface area (Å²) in [6, 6.07) is 5.95. The Morgan fingerprint density at radius 2 is 2.00 bits per heavy atom. The Hall–Kier alpha value is -2.39. The molecule has 1 saturated carbocycles. The zero-order chi connectivity index (χ0) is 17.6. The van der Waals surface area contributed by atoms with Crippen molar-refractivity contribution >= 4 is 16.7 Å². The summed E-state index contributed by atoms with van der Waals surface area (Å²) in [4.78, 5) is 24.3. The molecule has 6 heteroatoms. The highest BCUT2D eigenvalue weighted by molar-refractivity contribution is 5.91. The van der Waals surface area contributed by atoms with Crippen molar-refractivity contribution in [1.82, 2.24) is 14.9 Å². The monoisotopic (exact) mass is 337 g/mol. The number of rotatable bonds is 3. The first-order valence-corrected chi connectivity index (χ1v) is 8.87. The average molecular weight is 337 g/mol. The summed E-state index contributed by atoms with van der Waals surface area (Å²) >= 11 is 0. The molecule has 2 aliphatic rings. The van der Waals surface area contributed by atoms with Crippen molar-refractivity contribution < 1.29 is 0 Å². The van der Waals surface area contributed by atoms with E-state index in [4.69, 9.17) is 4.98 Å². The summed E-state index contributed by atoms with van der Waals surface area (Å²) in [5.74, 6) is 0. The summed E-state index contributed by atoms with van der Waals surface area (Å²) in [6.07, 6.45) is 4.94. The van der Waals surface area contributed by atoms with E-state index in [1.165, 1.54) is 12.8 Å². The summed E-state index contributed by atoms with van der Waals surface area (Å²) in [6.45, 7) is 2.51. The van der Waals surface area contributed by atoms with Gasteiger partial charge >= 0.3 is 0 Å². The molecule has 1 aliphatic heterocycles. The van der Waals surface area contributed by atoms with Crippen LogP contribution in [0, 0.1) is 16.7 Å². The number of aromatic nitrogens is 2. The maximum Gasteiger partial charge on any atom is 0.268 e. The standard InChI is InChI=1S/C19H23N5O/c1-23(2)12-13-3-4-15-16(21-13)17(14(11-20)18(25)22-15)24-9-7-19(5-6-19)8-10-24/h3-4H,5-10,12H2,1-2H3,(H,22,25). The molecule has 6 nitrogen and oxygen atoms in total. The van der Waals surface area contributed by atoms with Gasteiger partial charge in [-0.05, 0) is 57.3 Å².